The lowest BCUT2D eigenvalue weighted by Gasteiger charge is -2.30. The van der Waals surface area contributed by atoms with Crippen LogP contribution in [-0.4, -0.2) is 86.7 Å². The van der Waals surface area contributed by atoms with Crippen LogP contribution in [0, 0.1) is 5.92 Å². The molecule has 0 spiro atoms. The fourth-order valence-corrected chi connectivity index (χ4v) is 7.10. The number of allylic oxidation sites excluding steroid dienone is 1. The number of benzene rings is 2. The van der Waals surface area contributed by atoms with Crippen LogP contribution < -0.4 is 10.7 Å². The number of hydrazine groups is 1. The molecule has 14 heteroatoms. The molecule has 0 bridgehead atoms. The molecule has 1 saturated heterocycles. The summed E-state index contributed by atoms with van der Waals surface area (Å²) < 4.78 is 9.46. The number of imidazole rings is 2. The first kappa shape index (κ1) is 37.8. The van der Waals surface area contributed by atoms with Gasteiger partial charge in [0.05, 0.1) is 44.0 Å². The number of nitrogens with one attached hydrogen (secondary N) is 4. The summed E-state index contributed by atoms with van der Waals surface area (Å²) in [6.07, 6.45) is 6.01. The van der Waals surface area contributed by atoms with Crippen molar-refractivity contribution in [3.05, 3.63) is 78.1 Å². The predicted octanol–water partition coefficient (Wildman–Crippen LogP) is 6.62. The molecule has 1 fully saturated rings. The van der Waals surface area contributed by atoms with Crippen LogP contribution in [0.2, 0.25) is 0 Å². The number of amides is 4. The monoisotopic (exact) mass is 736 g/mol. The molecule has 0 unspecified atom stereocenters. The number of hydrogen-bond acceptors (Lipinski definition) is 8. The summed E-state index contributed by atoms with van der Waals surface area (Å²) in [6, 6.07) is 15.3. The van der Waals surface area contributed by atoms with Crippen molar-refractivity contribution < 1.29 is 28.7 Å². The Morgan fingerprint density at radius 3 is 1.98 bits per heavy atom. The summed E-state index contributed by atoms with van der Waals surface area (Å²) in [6.45, 7) is 8.05. The molecule has 4 amide bonds. The maximum Gasteiger partial charge on any atom is 0.425 e. The van der Waals surface area contributed by atoms with Crippen molar-refractivity contribution in [1.29, 1.82) is 0 Å². The summed E-state index contributed by atoms with van der Waals surface area (Å²) in [4.78, 5) is 68.7. The van der Waals surface area contributed by atoms with Crippen LogP contribution in [0.5, 0.6) is 0 Å². The zero-order chi connectivity index (χ0) is 38.5. The third-order valence-corrected chi connectivity index (χ3v) is 10.0. The molecule has 54 heavy (non-hydrogen) atoms. The highest BCUT2D eigenvalue weighted by atomic mass is 16.5. The molecule has 0 saturated carbocycles. The van der Waals surface area contributed by atoms with Crippen molar-refractivity contribution >= 4 is 29.6 Å². The summed E-state index contributed by atoms with van der Waals surface area (Å²) in [7, 11) is 2.55. The van der Waals surface area contributed by atoms with Gasteiger partial charge in [-0.25, -0.2) is 30.0 Å². The number of methoxy groups -OCH3 is 2. The molecule has 1 aliphatic carbocycles. The number of carbonyl (C=O) groups is 4. The van der Waals surface area contributed by atoms with E-state index in [0.717, 1.165) is 64.3 Å². The third-order valence-electron chi connectivity index (χ3n) is 10.0. The average molecular weight is 737 g/mol. The van der Waals surface area contributed by atoms with Crippen LogP contribution >= 0.6 is 0 Å². The van der Waals surface area contributed by atoms with Gasteiger partial charge in [0.25, 0.3) is 5.91 Å². The lowest BCUT2D eigenvalue weighted by atomic mass is 10.0. The van der Waals surface area contributed by atoms with Gasteiger partial charge in [-0.15, -0.1) is 0 Å². The van der Waals surface area contributed by atoms with Gasteiger partial charge < -0.3 is 29.7 Å². The number of carbonyl (C=O) groups excluding carboxylic acids is 4. The third kappa shape index (κ3) is 8.02. The van der Waals surface area contributed by atoms with Crippen LogP contribution in [0.25, 0.3) is 39.2 Å². The Balaban J connectivity index is 1.13. The first-order chi connectivity index (χ1) is 26.0. The fourth-order valence-electron chi connectivity index (χ4n) is 7.10. The van der Waals surface area contributed by atoms with E-state index >= 15 is 0 Å². The highest BCUT2D eigenvalue weighted by molar-refractivity contribution is 6.02. The van der Waals surface area contributed by atoms with Gasteiger partial charge in [-0.3, -0.25) is 9.59 Å². The first-order valence-electron chi connectivity index (χ1n) is 18.4. The molecule has 0 radical (unpaired) electrons. The van der Waals surface area contributed by atoms with Crippen LogP contribution in [0.1, 0.15) is 77.5 Å². The van der Waals surface area contributed by atoms with Gasteiger partial charge in [0.2, 0.25) is 5.91 Å². The average Bonchev–Trinajstić information content (AvgIpc) is 4.02. The van der Waals surface area contributed by atoms with Crippen molar-refractivity contribution in [3.63, 3.8) is 0 Å². The first-order valence-corrected chi connectivity index (χ1v) is 18.4. The highest BCUT2D eigenvalue weighted by Crippen LogP contribution is 2.36. The number of ether oxygens (including phenoxy) is 2. The van der Waals surface area contributed by atoms with Gasteiger partial charge in [-0.1, -0.05) is 62.4 Å². The van der Waals surface area contributed by atoms with Gasteiger partial charge in [0.15, 0.2) is 0 Å². The summed E-state index contributed by atoms with van der Waals surface area (Å²) in [5.74, 6) is 0.861. The van der Waals surface area contributed by atoms with Crippen molar-refractivity contribution in [2.45, 2.75) is 77.9 Å². The Labute approximate surface area is 314 Å². The van der Waals surface area contributed by atoms with Gasteiger partial charge in [0, 0.05) is 23.7 Å². The van der Waals surface area contributed by atoms with E-state index in [4.69, 9.17) is 9.47 Å². The highest BCUT2D eigenvalue weighted by Gasteiger charge is 2.37. The number of rotatable bonds is 10. The Hall–Kier alpha value is -5.92. The molecular weight excluding hydrogens is 688 g/mol. The minimum absolute atomic E-state index is 0.105. The summed E-state index contributed by atoms with van der Waals surface area (Å²) >= 11 is 0. The number of likely N-dealkylation sites (tertiary alicyclic amines) is 1. The molecule has 6 rings (SSSR count). The van der Waals surface area contributed by atoms with Gasteiger partial charge in [-0.05, 0) is 74.1 Å². The quantitative estimate of drug-likeness (QED) is 0.131. The molecule has 4 aromatic rings. The zero-order valence-corrected chi connectivity index (χ0v) is 31.6. The topological polar surface area (TPSA) is 175 Å². The van der Waals surface area contributed by atoms with Crippen LogP contribution in [0.4, 0.5) is 9.59 Å². The fraction of sp³-hybridized carbons (Fsp3) is 0.400. The summed E-state index contributed by atoms with van der Waals surface area (Å²) in [5.41, 5.74) is 9.74. The molecule has 284 valence electrons. The minimum Gasteiger partial charge on any atom is -0.453 e. The van der Waals surface area contributed by atoms with Gasteiger partial charge >= 0.3 is 12.2 Å². The van der Waals surface area contributed by atoms with Crippen molar-refractivity contribution in [3.8, 4) is 33.6 Å². The van der Waals surface area contributed by atoms with Crippen molar-refractivity contribution in [2.75, 3.05) is 20.8 Å². The second-order valence-corrected chi connectivity index (χ2v) is 14.2. The van der Waals surface area contributed by atoms with E-state index in [1.165, 1.54) is 19.2 Å². The van der Waals surface area contributed by atoms with E-state index in [9.17, 15) is 19.2 Å². The predicted molar refractivity (Wildman–Crippen MR) is 203 cm³/mol. The van der Waals surface area contributed by atoms with E-state index < -0.39 is 18.2 Å². The van der Waals surface area contributed by atoms with Gasteiger partial charge in [-0.2, -0.15) is 0 Å². The van der Waals surface area contributed by atoms with Crippen LogP contribution in [-0.2, 0) is 19.1 Å². The second kappa shape index (κ2) is 16.4. The molecule has 3 heterocycles. The molecule has 14 nitrogen and oxygen atoms in total. The number of alkyl carbamates (subject to hydrolysis) is 1. The normalized spacial score (nSPS) is 16.1. The lowest BCUT2D eigenvalue weighted by molar-refractivity contribution is -0.135. The van der Waals surface area contributed by atoms with E-state index in [-0.39, 0.29) is 29.8 Å². The molecule has 2 atom stereocenters. The maximum atomic E-state index is 13.5. The Morgan fingerprint density at radius 2 is 1.39 bits per heavy atom. The molecular formula is C40H48N8O6. The van der Waals surface area contributed by atoms with E-state index in [0.29, 0.717) is 30.8 Å². The Bertz CT molecular complexity index is 2010. The van der Waals surface area contributed by atoms with Gasteiger partial charge in [0.1, 0.15) is 17.7 Å². The standard InChI is InChI=1S/C40H48N8O6/c1-23(2)34(45-39(51)53-5)38(50)47-20-8-11-33(47)36-42-22-32(44-36)28-18-14-26(15-19-28)25-12-16-27(17-13-25)31-21-41-35(43-31)29-9-7-10-30(29)37(49)48(24(3)4)46-40(52)54-6/h12-19,21-24,33-34H,7-11,20H2,1-6H3,(H,41,43)(H,42,44)(H,45,51)(H,46,52)/t33-,34-/m0/s1. The number of aromatic nitrogens is 4. The molecule has 1 aliphatic heterocycles. The minimum atomic E-state index is -0.695. The van der Waals surface area contributed by atoms with E-state index in [1.54, 1.807) is 17.3 Å². The molecule has 2 aromatic carbocycles. The Morgan fingerprint density at radius 1 is 0.796 bits per heavy atom. The van der Waals surface area contributed by atoms with Crippen LogP contribution in [0.15, 0.2) is 66.5 Å². The largest absolute Gasteiger partial charge is 0.453 e. The molecule has 2 aliphatic rings. The number of hydrogen-bond donors (Lipinski definition) is 4. The smallest absolute Gasteiger partial charge is 0.425 e. The van der Waals surface area contributed by atoms with E-state index in [1.807, 2.05) is 52.0 Å². The molecule has 2 aromatic heterocycles. The van der Waals surface area contributed by atoms with Crippen molar-refractivity contribution in [2.24, 2.45) is 5.92 Å². The van der Waals surface area contributed by atoms with E-state index in [2.05, 4.69) is 54.9 Å². The summed E-state index contributed by atoms with van der Waals surface area (Å²) in [5, 5.41) is 4.00. The lowest BCUT2D eigenvalue weighted by Crippen LogP contribution is -2.51. The number of nitrogens with zero attached hydrogens (tertiary/aromatic N) is 4. The maximum absolute atomic E-state index is 13.5. The van der Waals surface area contributed by atoms with Crippen LogP contribution in [0.3, 0.4) is 0 Å². The van der Waals surface area contributed by atoms with Crippen molar-refractivity contribution in [1.82, 2.24) is 40.6 Å². The zero-order valence-electron chi connectivity index (χ0n) is 31.6. The number of aromatic amines is 2. The second-order valence-electron chi connectivity index (χ2n) is 14.2. The number of H-pyrrole nitrogens is 2. The Kier molecular flexibility index (Phi) is 11.5. The molecule has 4 N–H and O–H groups in total. The SMILES string of the molecule is COC(=O)N[C@H](C(=O)N1CCC[C@H]1c1ncc(-c2ccc(-c3ccc(-c4cnc(C5=C(C(=O)N(NC(=O)OC)C(C)C)CCC5)[nH]4)cc3)cc2)[nH]1)C(C)C.